The maximum absolute atomic E-state index is 12.7. The van der Waals surface area contributed by atoms with Crippen molar-refractivity contribution in [3.8, 4) is 5.75 Å². The number of hydrogen-bond donors (Lipinski definition) is 2. The van der Waals surface area contributed by atoms with Gasteiger partial charge < -0.3 is 15.4 Å². The number of nitrogens with one attached hydrogen (secondary N) is 2. The summed E-state index contributed by atoms with van der Waals surface area (Å²) in [6.45, 7) is 4.68. The van der Waals surface area contributed by atoms with Crippen molar-refractivity contribution in [1.82, 2.24) is 9.97 Å². The highest BCUT2D eigenvalue weighted by atomic mass is 16.5. The molecule has 0 aliphatic heterocycles. The SMILES string of the molecule is CCc1cccc(C)c1NC(=O)c1ccnc(NCCc2ccccc2OC)n1. The van der Waals surface area contributed by atoms with Gasteiger partial charge >= 0.3 is 0 Å². The summed E-state index contributed by atoms with van der Waals surface area (Å²) in [4.78, 5) is 21.3. The molecular formula is C23H26N4O2. The lowest BCUT2D eigenvalue weighted by atomic mass is 10.1. The van der Waals surface area contributed by atoms with Crippen molar-refractivity contribution < 1.29 is 9.53 Å². The van der Waals surface area contributed by atoms with Crippen molar-refractivity contribution in [1.29, 1.82) is 0 Å². The summed E-state index contributed by atoms with van der Waals surface area (Å²) < 4.78 is 5.37. The zero-order chi connectivity index (χ0) is 20.6. The Morgan fingerprint density at radius 2 is 1.86 bits per heavy atom. The first-order chi connectivity index (χ1) is 14.1. The molecule has 0 unspecified atom stereocenters. The van der Waals surface area contributed by atoms with Gasteiger partial charge in [-0.25, -0.2) is 9.97 Å². The average Bonchev–Trinajstić information content (AvgIpc) is 2.75. The van der Waals surface area contributed by atoms with Crippen LogP contribution in [0.1, 0.15) is 34.1 Å². The van der Waals surface area contributed by atoms with Gasteiger partial charge in [0.1, 0.15) is 11.4 Å². The van der Waals surface area contributed by atoms with Crippen LogP contribution in [0.25, 0.3) is 0 Å². The second-order valence-corrected chi connectivity index (χ2v) is 6.67. The molecule has 0 saturated carbocycles. The average molecular weight is 390 g/mol. The zero-order valence-electron chi connectivity index (χ0n) is 17.0. The molecule has 6 nitrogen and oxygen atoms in total. The Bertz CT molecular complexity index is 988. The van der Waals surface area contributed by atoms with Crippen molar-refractivity contribution in [2.24, 2.45) is 0 Å². The van der Waals surface area contributed by atoms with E-state index in [1.807, 2.05) is 49.4 Å². The van der Waals surface area contributed by atoms with Crippen molar-refractivity contribution in [2.45, 2.75) is 26.7 Å². The van der Waals surface area contributed by atoms with E-state index in [4.69, 9.17) is 4.74 Å². The number of para-hydroxylation sites is 2. The third kappa shape index (κ3) is 5.10. The van der Waals surface area contributed by atoms with E-state index in [0.717, 1.165) is 41.0 Å². The molecule has 150 valence electrons. The number of carbonyl (C=O) groups is 1. The first-order valence-corrected chi connectivity index (χ1v) is 9.71. The fourth-order valence-electron chi connectivity index (χ4n) is 3.17. The minimum absolute atomic E-state index is 0.246. The van der Waals surface area contributed by atoms with E-state index >= 15 is 0 Å². The van der Waals surface area contributed by atoms with Crippen LogP contribution in [-0.2, 0) is 12.8 Å². The third-order valence-electron chi connectivity index (χ3n) is 4.74. The monoisotopic (exact) mass is 390 g/mol. The van der Waals surface area contributed by atoms with E-state index in [1.165, 1.54) is 0 Å². The maximum Gasteiger partial charge on any atom is 0.274 e. The molecule has 0 fully saturated rings. The van der Waals surface area contributed by atoms with Crippen LogP contribution in [-0.4, -0.2) is 29.5 Å². The highest BCUT2D eigenvalue weighted by Crippen LogP contribution is 2.22. The summed E-state index contributed by atoms with van der Waals surface area (Å²) in [5, 5.41) is 6.18. The number of ether oxygens (including phenoxy) is 1. The number of nitrogens with zero attached hydrogens (tertiary/aromatic N) is 2. The number of hydrogen-bond acceptors (Lipinski definition) is 5. The molecule has 29 heavy (non-hydrogen) atoms. The molecule has 0 bridgehead atoms. The van der Waals surface area contributed by atoms with Crippen LogP contribution in [0.2, 0.25) is 0 Å². The number of benzene rings is 2. The molecule has 0 atom stereocenters. The lowest BCUT2D eigenvalue weighted by Crippen LogP contribution is -2.17. The second-order valence-electron chi connectivity index (χ2n) is 6.67. The Hall–Kier alpha value is -3.41. The van der Waals surface area contributed by atoms with Crippen LogP contribution < -0.4 is 15.4 Å². The van der Waals surface area contributed by atoms with Gasteiger partial charge in [-0.1, -0.05) is 43.3 Å². The van der Waals surface area contributed by atoms with E-state index in [1.54, 1.807) is 19.4 Å². The van der Waals surface area contributed by atoms with Crippen LogP contribution in [0, 0.1) is 6.92 Å². The predicted octanol–water partition coefficient (Wildman–Crippen LogP) is 4.26. The van der Waals surface area contributed by atoms with Crippen LogP contribution in [0.3, 0.4) is 0 Å². The number of aromatic nitrogens is 2. The fraction of sp³-hybridized carbons (Fsp3) is 0.261. The second kappa shape index (κ2) is 9.68. The first-order valence-electron chi connectivity index (χ1n) is 9.71. The molecule has 2 N–H and O–H groups in total. The zero-order valence-corrected chi connectivity index (χ0v) is 17.0. The van der Waals surface area contributed by atoms with Gasteiger partial charge in [0, 0.05) is 18.4 Å². The number of anilines is 2. The van der Waals surface area contributed by atoms with Gasteiger partial charge in [-0.05, 0) is 48.6 Å². The van der Waals surface area contributed by atoms with Gasteiger partial charge in [-0.3, -0.25) is 4.79 Å². The van der Waals surface area contributed by atoms with E-state index < -0.39 is 0 Å². The van der Waals surface area contributed by atoms with Crippen LogP contribution in [0.4, 0.5) is 11.6 Å². The first kappa shape index (κ1) is 20.3. The van der Waals surface area contributed by atoms with Crippen LogP contribution >= 0.6 is 0 Å². The van der Waals surface area contributed by atoms with Gasteiger partial charge in [-0.15, -0.1) is 0 Å². The molecule has 3 rings (SSSR count). The molecule has 0 radical (unpaired) electrons. The summed E-state index contributed by atoms with van der Waals surface area (Å²) >= 11 is 0. The fourth-order valence-corrected chi connectivity index (χ4v) is 3.17. The largest absolute Gasteiger partial charge is 0.496 e. The maximum atomic E-state index is 12.7. The molecule has 0 aliphatic carbocycles. The minimum atomic E-state index is -0.246. The molecule has 0 aliphatic rings. The molecule has 2 aromatic carbocycles. The number of rotatable bonds is 8. The predicted molar refractivity (Wildman–Crippen MR) is 116 cm³/mol. The highest BCUT2D eigenvalue weighted by Gasteiger charge is 2.13. The summed E-state index contributed by atoms with van der Waals surface area (Å²) in [5.41, 5.74) is 4.40. The van der Waals surface area contributed by atoms with Crippen molar-refractivity contribution in [3.63, 3.8) is 0 Å². The van der Waals surface area contributed by atoms with Gasteiger partial charge in [0.2, 0.25) is 5.95 Å². The van der Waals surface area contributed by atoms with E-state index in [2.05, 4.69) is 27.5 Å². The lowest BCUT2D eigenvalue weighted by Gasteiger charge is -2.13. The Balaban J connectivity index is 1.66. The van der Waals surface area contributed by atoms with Gasteiger partial charge in [-0.2, -0.15) is 0 Å². The van der Waals surface area contributed by atoms with Crippen LogP contribution in [0.15, 0.2) is 54.7 Å². The smallest absolute Gasteiger partial charge is 0.274 e. The summed E-state index contributed by atoms with van der Waals surface area (Å²) in [6.07, 6.45) is 3.19. The molecule has 1 amide bonds. The normalized spacial score (nSPS) is 10.4. The molecule has 0 saturated heterocycles. The molecule has 6 heteroatoms. The van der Waals surface area contributed by atoms with E-state index in [0.29, 0.717) is 18.2 Å². The van der Waals surface area contributed by atoms with Crippen molar-refractivity contribution in [2.75, 3.05) is 24.3 Å². The summed E-state index contributed by atoms with van der Waals surface area (Å²) in [5.74, 6) is 1.03. The van der Waals surface area contributed by atoms with Crippen molar-refractivity contribution in [3.05, 3.63) is 77.1 Å². The topological polar surface area (TPSA) is 76.1 Å². The Morgan fingerprint density at radius 3 is 2.66 bits per heavy atom. The Kier molecular flexibility index (Phi) is 6.79. The third-order valence-corrected chi connectivity index (χ3v) is 4.74. The summed E-state index contributed by atoms with van der Waals surface area (Å²) in [6, 6.07) is 15.5. The summed E-state index contributed by atoms with van der Waals surface area (Å²) in [7, 11) is 1.66. The van der Waals surface area contributed by atoms with Crippen molar-refractivity contribution >= 4 is 17.5 Å². The molecule has 1 aromatic heterocycles. The van der Waals surface area contributed by atoms with E-state index in [9.17, 15) is 4.79 Å². The molecular weight excluding hydrogens is 364 g/mol. The van der Waals surface area contributed by atoms with Crippen LogP contribution in [0.5, 0.6) is 5.75 Å². The highest BCUT2D eigenvalue weighted by molar-refractivity contribution is 6.03. The van der Waals surface area contributed by atoms with E-state index in [-0.39, 0.29) is 5.91 Å². The number of carbonyl (C=O) groups excluding carboxylic acids is 1. The Labute approximate surface area is 171 Å². The van der Waals surface area contributed by atoms with Gasteiger partial charge in [0.25, 0.3) is 5.91 Å². The number of aryl methyl sites for hydroxylation is 2. The lowest BCUT2D eigenvalue weighted by molar-refractivity contribution is 0.102. The number of amides is 1. The molecule has 1 heterocycles. The minimum Gasteiger partial charge on any atom is -0.496 e. The quantitative estimate of drug-likeness (QED) is 0.601. The molecule has 3 aromatic rings. The van der Waals surface area contributed by atoms with Gasteiger partial charge in [0.15, 0.2) is 0 Å². The van der Waals surface area contributed by atoms with Gasteiger partial charge in [0.05, 0.1) is 7.11 Å². The Morgan fingerprint density at radius 1 is 1.07 bits per heavy atom. The molecule has 0 spiro atoms. The number of methoxy groups -OCH3 is 1. The standard InChI is InChI=1S/C23H26N4O2/c1-4-17-10-7-8-16(2)21(17)27-22(28)19-13-15-25-23(26-19)24-14-12-18-9-5-6-11-20(18)29-3/h5-11,13,15H,4,12,14H2,1-3H3,(H,27,28)(H,24,25,26).